The second-order valence-electron chi connectivity index (χ2n) is 5.04. The first-order valence-corrected chi connectivity index (χ1v) is 6.43. The summed E-state index contributed by atoms with van der Waals surface area (Å²) in [7, 11) is 0. The summed E-state index contributed by atoms with van der Waals surface area (Å²) in [5.41, 5.74) is 0.135. The Hall–Kier alpha value is -1.10. The summed E-state index contributed by atoms with van der Waals surface area (Å²) in [6.07, 6.45) is -0.515. The van der Waals surface area contributed by atoms with E-state index in [4.69, 9.17) is 4.74 Å². The van der Waals surface area contributed by atoms with E-state index in [1.54, 1.807) is 39.8 Å². The summed E-state index contributed by atoms with van der Waals surface area (Å²) in [5, 5.41) is 2.66. The number of hydrogen-bond donors (Lipinski definition) is 1. The van der Waals surface area contributed by atoms with E-state index >= 15 is 0 Å². The fourth-order valence-corrected chi connectivity index (χ4v) is 1.60. The fraction of sp³-hybridized carbons (Fsp3) is 0.462. The number of halogens is 2. The molecule has 3 nitrogen and oxygen atoms in total. The predicted octanol–water partition coefficient (Wildman–Crippen LogP) is 4.17. The molecule has 0 bridgehead atoms. The zero-order chi connectivity index (χ0) is 13.9. The molecule has 0 radical (unpaired) electrons. The van der Waals surface area contributed by atoms with E-state index in [1.165, 1.54) is 6.07 Å². The minimum absolute atomic E-state index is 0.317. The Balaban J connectivity index is 2.68. The van der Waals surface area contributed by atoms with Crippen molar-refractivity contribution in [3.05, 3.63) is 34.1 Å². The van der Waals surface area contributed by atoms with Crippen LogP contribution in [0.3, 0.4) is 0 Å². The largest absolute Gasteiger partial charge is 0.444 e. The van der Waals surface area contributed by atoms with Crippen LogP contribution in [0.15, 0.2) is 22.7 Å². The van der Waals surface area contributed by atoms with Crippen molar-refractivity contribution in [3.63, 3.8) is 0 Å². The molecule has 5 heteroatoms. The van der Waals surface area contributed by atoms with E-state index in [0.717, 1.165) is 0 Å². The van der Waals surface area contributed by atoms with Gasteiger partial charge in [-0.25, -0.2) is 9.18 Å². The average molecular weight is 318 g/mol. The molecule has 0 aliphatic heterocycles. The van der Waals surface area contributed by atoms with Crippen LogP contribution in [0.4, 0.5) is 9.18 Å². The molecule has 1 N–H and O–H groups in total. The molecule has 1 amide bonds. The lowest BCUT2D eigenvalue weighted by Crippen LogP contribution is -2.34. The lowest BCUT2D eigenvalue weighted by Gasteiger charge is -2.22. The quantitative estimate of drug-likeness (QED) is 0.888. The molecule has 0 spiro atoms. The molecule has 1 rings (SSSR count). The lowest BCUT2D eigenvalue weighted by molar-refractivity contribution is 0.0508. The van der Waals surface area contributed by atoms with Crippen molar-refractivity contribution in [3.8, 4) is 0 Å². The normalized spacial score (nSPS) is 13.0. The van der Waals surface area contributed by atoms with Crippen molar-refractivity contribution in [1.29, 1.82) is 0 Å². The third-order valence-electron chi connectivity index (χ3n) is 2.18. The monoisotopic (exact) mass is 317 g/mol. The van der Waals surface area contributed by atoms with Gasteiger partial charge in [-0.1, -0.05) is 6.07 Å². The zero-order valence-corrected chi connectivity index (χ0v) is 12.5. The van der Waals surface area contributed by atoms with Gasteiger partial charge < -0.3 is 10.1 Å². The van der Waals surface area contributed by atoms with Crippen molar-refractivity contribution < 1.29 is 13.9 Å². The highest BCUT2D eigenvalue weighted by molar-refractivity contribution is 9.10. The first kappa shape index (κ1) is 15.0. The van der Waals surface area contributed by atoms with Crippen molar-refractivity contribution in [2.24, 2.45) is 0 Å². The van der Waals surface area contributed by atoms with Gasteiger partial charge in [0.1, 0.15) is 11.4 Å². The van der Waals surface area contributed by atoms with E-state index in [-0.39, 0.29) is 11.9 Å². The van der Waals surface area contributed by atoms with Gasteiger partial charge in [0.2, 0.25) is 0 Å². The number of carbonyl (C=O) groups excluding carboxylic acids is 1. The molecule has 18 heavy (non-hydrogen) atoms. The number of carbonyl (C=O) groups is 1. The molecule has 0 aliphatic carbocycles. The molecule has 0 saturated carbocycles. The van der Waals surface area contributed by atoms with Crippen LogP contribution in [0.5, 0.6) is 0 Å². The number of hydrogen-bond acceptors (Lipinski definition) is 2. The molecule has 0 saturated heterocycles. The summed E-state index contributed by atoms with van der Waals surface area (Å²) in [6, 6.07) is 4.42. The summed E-state index contributed by atoms with van der Waals surface area (Å²) < 4.78 is 18.9. The molecule has 1 atom stereocenters. The molecular weight excluding hydrogens is 301 g/mol. The summed E-state index contributed by atoms with van der Waals surface area (Å²) in [6.45, 7) is 7.14. The summed E-state index contributed by atoms with van der Waals surface area (Å²) in [5.74, 6) is -0.356. The number of amides is 1. The fourth-order valence-electron chi connectivity index (χ4n) is 1.35. The van der Waals surface area contributed by atoms with Crippen LogP contribution in [0.2, 0.25) is 0 Å². The molecule has 0 fully saturated rings. The number of benzene rings is 1. The minimum atomic E-state index is -0.547. The minimum Gasteiger partial charge on any atom is -0.444 e. The van der Waals surface area contributed by atoms with Crippen molar-refractivity contribution in [2.75, 3.05) is 0 Å². The Morgan fingerprint density at radius 3 is 2.56 bits per heavy atom. The van der Waals surface area contributed by atoms with E-state index in [1.807, 2.05) is 0 Å². The zero-order valence-electron chi connectivity index (χ0n) is 10.9. The maximum Gasteiger partial charge on any atom is 0.408 e. The van der Waals surface area contributed by atoms with Gasteiger partial charge in [-0.2, -0.15) is 0 Å². The van der Waals surface area contributed by atoms with Gasteiger partial charge in [0.15, 0.2) is 0 Å². The maximum absolute atomic E-state index is 13.4. The topological polar surface area (TPSA) is 38.3 Å². The predicted molar refractivity (Wildman–Crippen MR) is 71.9 cm³/mol. The number of rotatable bonds is 2. The van der Waals surface area contributed by atoms with Gasteiger partial charge >= 0.3 is 6.09 Å². The van der Waals surface area contributed by atoms with Gasteiger partial charge in [0.25, 0.3) is 0 Å². The number of ether oxygens (including phenoxy) is 1. The third kappa shape index (κ3) is 4.64. The molecule has 0 aromatic heterocycles. The second-order valence-corrected chi connectivity index (χ2v) is 5.90. The highest BCUT2D eigenvalue weighted by Crippen LogP contribution is 2.20. The van der Waals surface area contributed by atoms with Gasteiger partial charge in [-0.05, 0) is 61.3 Å². The Kier molecular flexibility index (Phi) is 4.73. The van der Waals surface area contributed by atoms with E-state index < -0.39 is 11.7 Å². The van der Waals surface area contributed by atoms with E-state index in [9.17, 15) is 9.18 Å². The summed E-state index contributed by atoms with van der Waals surface area (Å²) in [4.78, 5) is 11.6. The van der Waals surface area contributed by atoms with Crippen LogP contribution in [-0.4, -0.2) is 11.7 Å². The smallest absolute Gasteiger partial charge is 0.408 e. The van der Waals surface area contributed by atoms with Crippen molar-refractivity contribution in [1.82, 2.24) is 5.32 Å². The van der Waals surface area contributed by atoms with Crippen LogP contribution >= 0.6 is 15.9 Å². The highest BCUT2D eigenvalue weighted by atomic mass is 79.9. The molecule has 0 aliphatic rings. The Morgan fingerprint density at radius 2 is 2.06 bits per heavy atom. The van der Waals surface area contributed by atoms with Gasteiger partial charge in [0, 0.05) is 0 Å². The Labute approximate surface area is 115 Å². The lowest BCUT2D eigenvalue weighted by atomic mass is 10.1. The van der Waals surface area contributed by atoms with Gasteiger partial charge in [-0.15, -0.1) is 0 Å². The third-order valence-corrected chi connectivity index (χ3v) is 2.82. The van der Waals surface area contributed by atoms with E-state index in [0.29, 0.717) is 10.0 Å². The molecule has 0 heterocycles. The van der Waals surface area contributed by atoms with Crippen molar-refractivity contribution in [2.45, 2.75) is 39.3 Å². The van der Waals surface area contributed by atoms with Crippen LogP contribution in [0.1, 0.15) is 39.3 Å². The van der Waals surface area contributed by atoms with E-state index in [2.05, 4.69) is 21.2 Å². The molecule has 1 aromatic rings. The van der Waals surface area contributed by atoms with Gasteiger partial charge in [-0.3, -0.25) is 0 Å². The SMILES string of the molecule is CC(NC(=O)OC(C)(C)C)c1ccc(Br)c(F)c1. The average Bonchev–Trinajstić information content (AvgIpc) is 2.18. The van der Waals surface area contributed by atoms with Gasteiger partial charge in [0.05, 0.1) is 10.5 Å². The second kappa shape index (κ2) is 5.69. The Bertz CT molecular complexity index is 443. The Morgan fingerprint density at radius 1 is 1.44 bits per heavy atom. The highest BCUT2D eigenvalue weighted by Gasteiger charge is 2.18. The first-order chi connectivity index (χ1) is 8.19. The summed E-state index contributed by atoms with van der Waals surface area (Å²) >= 11 is 3.08. The first-order valence-electron chi connectivity index (χ1n) is 5.63. The molecule has 1 aromatic carbocycles. The maximum atomic E-state index is 13.4. The molecule has 1 unspecified atom stereocenters. The molecule has 100 valence electrons. The van der Waals surface area contributed by atoms with Crippen LogP contribution in [0, 0.1) is 5.82 Å². The van der Waals surface area contributed by atoms with Crippen molar-refractivity contribution >= 4 is 22.0 Å². The molecular formula is C13H17BrFNO2. The number of alkyl carbamates (subject to hydrolysis) is 1. The van der Waals surface area contributed by atoms with Crippen LogP contribution in [0.25, 0.3) is 0 Å². The number of nitrogens with one attached hydrogen (secondary N) is 1. The van der Waals surface area contributed by atoms with Crippen LogP contribution < -0.4 is 5.32 Å². The standard InChI is InChI=1S/C13H17BrFNO2/c1-8(16-12(17)18-13(2,3)4)9-5-6-10(14)11(15)7-9/h5-8H,1-4H3,(H,16,17). The van der Waals surface area contributed by atoms with Crippen LogP contribution in [-0.2, 0) is 4.74 Å².